The summed E-state index contributed by atoms with van der Waals surface area (Å²) in [6.07, 6.45) is 4.16. The molecule has 7 nitrogen and oxygen atoms in total. The highest BCUT2D eigenvalue weighted by atomic mass is 35.5. The van der Waals surface area contributed by atoms with Gasteiger partial charge in [0.2, 0.25) is 0 Å². The van der Waals surface area contributed by atoms with Crippen LogP contribution in [-0.2, 0) is 10.3 Å². The zero-order valence-corrected chi connectivity index (χ0v) is 17.8. The van der Waals surface area contributed by atoms with Gasteiger partial charge in [-0.15, -0.1) is 0 Å². The molecule has 1 heterocycles. The molecular weight excluding hydrogens is 368 g/mol. The van der Waals surface area contributed by atoms with Crippen molar-refractivity contribution in [1.82, 2.24) is 15.1 Å². The maximum Gasteiger partial charge on any atom is 0.407 e. The van der Waals surface area contributed by atoms with E-state index in [1.165, 1.54) is 4.68 Å². The highest BCUT2D eigenvalue weighted by Gasteiger charge is 2.29. The van der Waals surface area contributed by atoms with Crippen LogP contribution in [0.5, 0.6) is 0 Å². The van der Waals surface area contributed by atoms with Gasteiger partial charge in [-0.3, -0.25) is 4.79 Å². The van der Waals surface area contributed by atoms with Crippen LogP contribution < -0.4 is 16.2 Å². The van der Waals surface area contributed by atoms with Crippen molar-refractivity contribution in [3.05, 3.63) is 21.6 Å². The number of nitrogens with zero attached hydrogens (tertiary/aromatic N) is 2. The van der Waals surface area contributed by atoms with E-state index in [1.54, 1.807) is 6.20 Å². The summed E-state index contributed by atoms with van der Waals surface area (Å²) in [6, 6.07) is 0.115. The summed E-state index contributed by atoms with van der Waals surface area (Å²) >= 11 is 6.31. The van der Waals surface area contributed by atoms with Crippen molar-refractivity contribution in [2.45, 2.75) is 78.0 Å². The van der Waals surface area contributed by atoms with E-state index in [0.29, 0.717) is 12.2 Å². The first-order valence-corrected chi connectivity index (χ1v) is 9.78. The molecule has 0 saturated heterocycles. The molecule has 0 aliphatic heterocycles. The summed E-state index contributed by atoms with van der Waals surface area (Å²) in [7, 11) is 0. The standard InChI is InChI=1S/C19H31ClN4O3/c1-18(2,3)24-16(25)15(20)14(11-22-24)23-13-9-7-8-12(13)10-21-17(26)27-19(4,5)6/h11-13,23H,7-10H2,1-6H3,(H,21,26)/t12-,13-/m0/s1. The van der Waals surface area contributed by atoms with Gasteiger partial charge < -0.3 is 15.4 Å². The Morgan fingerprint density at radius 3 is 2.56 bits per heavy atom. The molecule has 0 aromatic carbocycles. The minimum absolute atomic E-state index is 0.115. The fourth-order valence-corrected chi connectivity index (χ4v) is 3.39. The number of aromatic nitrogens is 2. The lowest BCUT2D eigenvalue weighted by Gasteiger charge is -2.25. The van der Waals surface area contributed by atoms with Crippen molar-refractivity contribution >= 4 is 23.4 Å². The number of ether oxygens (including phenoxy) is 1. The van der Waals surface area contributed by atoms with Crippen molar-refractivity contribution in [2.24, 2.45) is 5.92 Å². The van der Waals surface area contributed by atoms with Crippen molar-refractivity contribution in [2.75, 3.05) is 11.9 Å². The highest BCUT2D eigenvalue weighted by molar-refractivity contribution is 6.32. The fraction of sp³-hybridized carbons (Fsp3) is 0.737. The molecule has 1 aromatic rings. The van der Waals surface area contributed by atoms with Crippen LogP contribution in [0.15, 0.2) is 11.0 Å². The SMILES string of the molecule is CC(C)(C)OC(=O)NC[C@@H]1CCC[C@@H]1Nc1cnn(C(C)(C)C)c(=O)c1Cl. The van der Waals surface area contributed by atoms with Gasteiger partial charge in [0.15, 0.2) is 0 Å². The lowest BCUT2D eigenvalue weighted by molar-refractivity contribution is 0.0519. The number of halogens is 1. The van der Waals surface area contributed by atoms with Gasteiger partial charge in [0.1, 0.15) is 10.6 Å². The van der Waals surface area contributed by atoms with E-state index in [9.17, 15) is 9.59 Å². The van der Waals surface area contributed by atoms with E-state index >= 15 is 0 Å². The largest absolute Gasteiger partial charge is 0.444 e. The molecule has 1 aromatic heterocycles. The molecule has 0 spiro atoms. The Kier molecular flexibility index (Phi) is 6.45. The Hall–Kier alpha value is -1.76. The Morgan fingerprint density at radius 1 is 1.30 bits per heavy atom. The Bertz CT molecular complexity index is 734. The van der Waals surface area contributed by atoms with E-state index in [0.717, 1.165) is 19.3 Å². The minimum atomic E-state index is -0.520. The highest BCUT2D eigenvalue weighted by Crippen LogP contribution is 2.30. The van der Waals surface area contributed by atoms with Crippen LogP contribution in [0, 0.1) is 5.92 Å². The predicted molar refractivity (Wildman–Crippen MR) is 107 cm³/mol. The number of nitrogens with one attached hydrogen (secondary N) is 2. The third-order valence-corrected chi connectivity index (χ3v) is 4.83. The molecule has 1 aliphatic rings. The van der Waals surface area contributed by atoms with Gasteiger partial charge in [-0.1, -0.05) is 18.0 Å². The van der Waals surface area contributed by atoms with Gasteiger partial charge >= 0.3 is 6.09 Å². The number of carbonyl (C=O) groups excluding carboxylic acids is 1. The zero-order valence-electron chi connectivity index (χ0n) is 17.1. The Labute approximate surface area is 165 Å². The Balaban J connectivity index is 2.03. The van der Waals surface area contributed by atoms with Crippen molar-refractivity contribution < 1.29 is 9.53 Å². The molecule has 1 amide bonds. The zero-order chi connectivity index (χ0) is 20.4. The molecular formula is C19H31ClN4O3. The summed E-state index contributed by atoms with van der Waals surface area (Å²) in [5.41, 5.74) is -0.730. The fourth-order valence-electron chi connectivity index (χ4n) is 3.21. The van der Waals surface area contributed by atoms with Crippen LogP contribution in [0.25, 0.3) is 0 Å². The first-order chi connectivity index (χ1) is 12.4. The van der Waals surface area contributed by atoms with Crippen LogP contribution in [0.4, 0.5) is 10.5 Å². The molecule has 27 heavy (non-hydrogen) atoms. The summed E-state index contributed by atoms with van der Waals surface area (Å²) < 4.78 is 6.67. The average Bonchev–Trinajstić information content (AvgIpc) is 2.94. The third kappa shape index (κ3) is 5.86. The van der Waals surface area contributed by atoms with Crippen molar-refractivity contribution in [1.29, 1.82) is 0 Å². The van der Waals surface area contributed by atoms with E-state index in [4.69, 9.17) is 16.3 Å². The summed E-state index contributed by atoms with van der Waals surface area (Å²) in [5, 5.41) is 10.6. The second-order valence-electron chi connectivity index (χ2n) is 9.08. The van der Waals surface area contributed by atoms with E-state index < -0.39 is 17.2 Å². The van der Waals surface area contributed by atoms with Gasteiger partial charge in [0, 0.05) is 12.6 Å². The molecule has 0 unspecified atom stereocenters. The second kappa shape index (κ2) is 8.09. The van der Waals surface area contributed by atoms with Crippen molar-refractivity contribution in [3.8, 4) is 0 Å². The van der Waals surface area contributed by atoms with Crippen LogP contribution in [0.1, 0.15) is 60.8 Å². The first-order valence-electron chi connectivity index (χ1n) is 9.40. The topological polar surface area (TPSA) is 85.2 Å². The quantitative estimate of drug-likeness (QED) is 0.806. The predicted octanol–water partition coefficient (Wildman–Crippen LogP) is 3.76. The van der Waals surface area contributed by atoms with Gasteiger partial charge in [-0.25, -0.2) is 9.48 Å². The molecule has 2 rings (SSSR count). The maximum absolute atomic E-state index is 12.5. The first kappa shape index (κ1) is 21.5. The van der Waals surface area contributed by atoms with Crippen molar-refractivity contribution in [3.63, 3.8) is 0 Å². The molecule has 1 aliphatic carbocycles. The van der Waals surface area contributed by atoms with E-state index in [1.807, 2.05) is 41.5 Å². The average molecular weight is 399 g/mol. The smallest absolute Gasteiger partial charge is 0.407 e. The molecule has 1 saturated carbocycles. The maximum atomic E-state index is 12.5. The number of carbonyl (C=O) groups is 1. The van der Waals surface area contributed by atoms with E-state index in [2.05, 4.69) is 15.7 Å². The summed E-state index contributed by atoms with van der Waals surface area (Å²) in [6.45, 7) is 11.7. The van der Waals surface area contributed by atoms with Gasteiger partial charge in [-0.2, -0.15) is 5.10 Å². The molecule has 2 N–H and O–H groups in total. The van der Waals surface area contributed by atoms with E-state index in [-0.39, 0.29) is 22.5 Å². The number of hydrogen-bond donors (Lipinski definition) is 2. The molecule has 0 radical (unpaired) electrons. The Morgan fingerprint density at radius 2 is 1.96 bits per heavy atom. The van der Waals surface area contributed by atoms with Gasteiger partial charge in [0.25, 0.3) is 5.56 Å². The van der Waals surface area contributed by atoms with Crippen LogP contribution in [0.3, 0.4) is 0 Å². The second-order valence-corrected chi connectivity index (χ2v) is 9.46. The molecule has 1 fully saturated rings. The van der Waals surface area contributed by atoms with Crippen LogP contribution in [-0.4, -0.2) is 34.1 Å². The third-order valence-electron chi connectivity index (χ3n) is 4.46. The molecule has 0 bridgehead atoms. The van der Waals surface area contributed by atoms with Gasteiger partial charge in [0.05, 0.1) is 17.4 Å². The molecule has 152 valence electrons. The monoisotopic (exact) mass is 398 g/mol. The molecule has 8 heteroatoms. The normalized spacial score (nSPS) is 20.4. The number of anilines is 1. The number of alkyl carbamates (subject to hydrolysis) is 1. The summed E-state index contributed by atoms with van der Waals surface area (Å²) in [4.78, 5) is 24.4. The van der Waals surface area contributed by atoms with Crippen LogP contribution in [0.2, 0.25) is 5.02 Å². The number of amides is 1. The lowest BCUT2D eigenvalue weighted by atomic mass is 10.0. The number of hydrogen-bond acceptors (Lipinski definition) is 5. The number of rotatable bonds is 4. The van der Waals surface area contributed by atoms with Gasteiger partial charge in [-0.05, 0) is 60.3 Å². The minimum Gasteiger partial charge on any atom is -0.444 e. The molecule has 2 atom stereocenters. The van der Waals surface area contributed by atoms with Crippen LogP contribution >= 0.6 is 11.6 Å². The summed E-state index contributed by atoms with van der Waals surface area (Å²) in [5.74, 6) is 0.235. The lowest BCUT2D eigenvalue weighted by Crippen LogP contribution is -2.39.